The minimum absolute atomic E-state index is 0. The summed E-state index contributed by atoms with van der Waals surface area (Å²) in [6.45, 7) is 5.39. The molecule has 0 spiro atoms. The molecule has 0 fully saturated rings. The van der Waals surface area contributed by atoms with E-state index in [4.69, 9.17) is 0 Å². The highest BCUT2D eigenvalue weighted by atomic mass is 35.5. The van der Waals surface area contributed by atoms with Crippen LogP contribution in [0, 0.1) is 6.92 Å². The summed E-state index contributed by atoms with van der Waals surface area (Å²) in [7, 11) is 0. The summed E-state index contributed by atoms with van der Waals surface area (Å²) >= 11 is 0. The van der Waals surface area contributed by atoms with E-state index in [1.54, 1.807) is 0 Å². The largest absolute Gasteiger partial charge is 0.358 e. The lowest BCUT2D eigenvalue weighted by atomic mass is 10.0. The molecule has 0 radical (unpaired) electrons. The van der Waals surface area contributed by atoms with Crippen LogP contribution in [-0.4, -0.2) is 11.0 Å². The van der Waals surface area contributed by atoms with Crippen LogP contribution < -0.4 is 5.32 Å². The van der Waals surface area contributed by atoms with Gasteiger partial charge in [-0.3, -0.25) is 0 Å². The van der Waals surface area contributed by atoms with Crippen LogP contribution in [0.1, 0.15) is 23.7 Å². The second-order valence-corrected chi connectivity index (χ2v) is 4.62. The molecule has 0 bridgehead atoms. The topological polar surface area (TPSA) is 27.8 Å². The van der Waals surface area contributed by atoms with Crippen molar-refractivity contribution in [3.05, 3.63) is 35.0 Å². The summed E-state index contributed by atoms with van der Waals surface area (Å²) in [5.74, 6) is 0. The van der Waals surface area contributed by atoms with Crippen LogP contribution in [-0.2, 0) is 13.0 Å². The number of aryl methyl sites for hydroxylation is 1. The molecule has 86 valence electrons. The predicted octanol–water partition coefficient (Wildman–Crippen LogP) is 2.93. The van der Waals surface area contributed by atoms with Gasteiger partial charge in [0.05, 0.1) is 0 Å². The van der Waals surface area contributed by atoms with E-state index in [-0.39, 0.29) is 12.4 Å². The van der Waals surface area contributed by atoms with Crippen molar-refractivity contribution in [3.8, 4) is 0 Å². The van der Waals surface area contributed by atoms with Gasteiger partial charge in [0.2, 0.25) is 0 Å². The number of hydrogen-bond donors (Lipinski definition) is 2. The number of fused-ring (bicyclic) bond motifs is 3. The first-order valence-electron chi connectivity index (χ1n) is 5.57. The molecule has 2 heterocycles. The third-order valence-corrected chi connectivity index (χ3v) is 3.29. The Hall–Kier alpha value is -0.990. The molecule has 1 aliphatic rings. The SMILES string of the molecule is Cc1ccc2[nH]c3c(c2c1)CNC(C)C3.Cl. The maximum absolute atomic E-state index is 3.53. The predicted molar refractivity (Wildman–Crippen MR) is 70.3 cm³/mol. The van der Waals surface area contributed by atoms with E-state index in [1.165, 1.54) is 27.7 Å². The van der Waals surface area contributed by atoms with Gasteiger partial charge in [-0.1, -0.05) is 11.6 Å². The van der Waals surface area contributed by atoms with Crippen LogP contribution in [0.4, 0.5) is 0 Å². The van der Waals surface area contributed by atoms with E-state index in [2.05, 4.69) is 42.3 Å². The average molecular weight is 237 g/mol. The van der Waals surface area contributed by atoms with Crippen LogP contribution in [0.3, 0.4) is 0 Å². The highest BCUT2D eigenvalue weighted by Gasteiger charge is 2.18. The average Bonchev–Trinajstić information content (AvgIpc) is 2.54. The number of aromatic amines is 1. The lowest BCUT2D eigenvalue weighted by Crippen LogP contribution is -2.32. The van der Waals surface area contributed by atoms with Crippen LogP contribution in [0.2, 0.25) is 0 Å². The van der Waals surface area contributed by atoms with Gasteiger partial charge in [-0.25, -0.2) is 0 Å². The normalized spacial score (nSPS) is 19.2. The molecule has 0 aliphatic carbocycles. The van der Waals surface area contributed by atoms with E-state index in [1.807, 2.05) is 0 Å². The van der Waals surface area contributed by atoms with E-state index < -0.39 is 0 Å². The Morgan fingerprint density at radius 3 is 2.94 bits per heavy atom. The number of nitrogens with one attached hydrogen (secondary N) is 2. The van der Waals surface area contributed by atoms with Crippen molar-refractivity contribution in [2.75, 3.05) is 0 Å². The van der Waals surface area contributed by atoms with Crippen LogP contribution in [0.15, 0.2) is 18.2 Å². The fourth-order valence-electron chi connectivity index (χ4n) is 2.45. The Labute approximate surface area is 102 Å². The van der Waals surface area contributed by atoms with Gasteiger partial charge in [0.15, 0.2) is 0 Å². The molecule has 0 amide bonds. The smallest absolute Gasteiger partial charge is 0.0459 e. The van der Waals surface area contributed by atoms with Gasteiger partial charge in [0.1, 0.15) is 0 Å². The lowest BCUT2D eigenvalue weighted by Gasteiger charge is -2.20. The first-order chi connectivity index (χ1) is 7.24. The molecule has 2 N–H and O–H groups in total. The van der Waals surface area contributed by atoms with Gasteiger partial charge in [-0.15, -0.1) is 12.4 Å². The van der Waals surface area contributed by atoms with E-state index in [9.17, 15) is 0 Å². The molecule has 3 heteroatoms. The maximum Gasteiger partial charge on any atom is 0.0459 e. The number of rotatable bonds is 0. The van der Waals surface area contributed by atoms with Crippen LogP contribution in [0.25, 0.3) is 10.9 Å². The molecular formula is C13H17ClN2. The molecule has 3 rings (SSSR count). The molecule has 2 nitrogen and oxygen atoms in total. The van der Waals surface area contributed by atoms with Crippen molar-refractivity contribution in [2.24, 2.45) is 0 Å². The molecule has 1 unspecified atom stereocenters. The van der Waals surface area contributed by atoms with Crippen molar-refractivity contribution >= 4 is 23.3 Å². The van der Waals surface area contributed by atoms with Crippen molar-refractivity contribution in [1.29, 1.82) is 0 Å². The molecule has 1 aromatic heterocycles. The highest BCUT2D eigenvalue weighted by Crippen LogP contribution is 2.26. The standard InChI is InChI=1S/C13H16N2.ClH/c1-8-3-4-12-10(5-8)11-7-14-9(2)6-13(11)15-12;/h3-5,9,14-15H,6-7H2,1-2H3;1H. The monoisotopic (exact) mass is 236 g/mol. The van der Waals surface area contributed by atoms with Crippen LogP contribution in [0.5, 0.6) is 0 Å². The number of hydrogen-bond acceptors (Lipinski definition) is 1. The zero-order valence-electron chi connectivity index (χ0n) is 9.63. The molecule has 1 aliphatic heterocycles. The first kappa shape index (κ1) is 11.5. The van der Waals surface area contributed by atoms with E-state index >= 15 is 0 Å². The number of H-pyrrole nitrogens is 1. The van der Waals surface area contributed by atoms with Gasteiger partial charge in [-0.05, 0) is 31.5 Å². The summed E-state index contributed by atoms with van der Waals surface area (Å²) in [6.07, 6.45) is 1.11. The Balaban J connectivity index is 0.000000963. The van der Waals surface area contributed by atoms with Crippen molar-refractivity contribution in [2.45, 2.75) is 32.9 Å². The Kier molecular flexibility index (Phi) is 2.96. The fraction of sp³-hybridized carbons (Fsp3) is 0.385. The summed E-state index contributed by atoms with van der Waals surface area (Å²) in [5, 5.41) is 4.91. The summed E-state index contributed by atoms with van der Waals surface area (Å²) in [6, 6.07) is 7.23. The summed E-state index contributed by atoms with van der Waals surface area (Å²) < 4.78 is 0. The highest BCUT2D eigenvalue weighted by molar-refractivity contribution is 5.86. The first-order valence-corrected chi connectivity index (χ1v) is 5.57. The van der Waals surface area contributed by atoms with Gasteiger partial charge >= 0.3 is 0 Å². The second kappa shape index (κ2) is 4.11. The minimum atomic E-state index is 0. The van der Waals surface area contributed by atoms with Crippen molar-refractivity contribution < 1.29 is 0 Å². The maximum atomic E-state index is 3.53. The van der Waals surface area contributed by atoms with E-state index in [0.717, 1.165) is 13.0 Å². The fourth-order valence-corrected chi connectivity index (χ4v) is 2.45. The number of benzene rings is 1. The Morgan fingerprint density at radius 2 is 2.12 bits per heavy atom. The van der Waals surface area contributed by atoms with Gasteiger partial charge < -0.3 is 10.3 Å². The third kappa shape index (κ3) is 1.72. The molecule has 2 aromatic rings. The molecule has 0 saturated heterocycles. The van der Waals surface area contributed by atoms with E-state index in [0.29, 0.717) is 6.04 Å². The molecule has 1 atom stereocenters. The summed E-state index contributed by atoms with van der Waals surface area (Å²) in [4.78, 5) is 3.53. The Bertz CT molecular complexity index is 516. The number of aromatic nitrogens is 1. The summed E-state index contributed by atoms with van der Waals surface area (Å²) in [5.41, 5.74) is 5.50. The van der Waals surface area contributed by atoms with Gasteiger partial charge in [-0.2, -0.15) is 0 Å². The zero-order valence-corrected chi connectivity index (χ0v) is 10.4. The lowest BCUT2D eigenvalue weighted by molar-refractivity contribution is 0.511. The quantitative estimate of drug-likeness (QED) is 0.723. The van der Waals surface area contributed by atoms with Crippen LogP contribution >= 0.6 is 12.4 Å². The minimum Gasteiger partial charge on any atom is -0.358 e. The van der Waals surface area contributed by atoms with Gasteiger partial charge in [0, 0.05) is 35.6 Å². The van der Waals surface area contributed by atoms with Crippen molar-refractivity contribution in [3.63, 3.8) is 0 Å². The van der Waals surface area contributed by atoms with Gasteiger partial charge in [0.25, 0.3) is 0 Å². The Morgan fingerprint density at radius 1 is 1.31 bits per heavy atom. The molecule has 0 saturated carbocycles. The van der Waals surface area contributed by atoms with Crippen molar-refractivity contribution in [1.82, 2.24) is 10.3 Å². The molecule has 16 heavy (non-hydrogen) atoms. The number of halogens is 1. The molecular weight excluding hydrogens is 220 g/mol. The zero-order chi connectivity index (χ0) is 10.4. The second-order valence-electron chi connectivity index (χ2n) is 4.62. The third-order valence-electron chi connectivity index (χ3n) is 3.29. The molecule has 1 aromatic carbocycles.